The molecular formula is C13H20O3. The van der Waals surface area contributed by atoms with Crippen LogP contribution in [-0.4, -0.2) is 18.9 Å². The summed E-state index contributed by atoms with van der Waals surface area (Å²) in [7, 11) is 1.40. The van der Waals surface area contributed by atoms with Gasteiger partial charge in [0.05, 0.1) is 7.11 Å². The third-order valence-electron chi connectivity index (χ3n) is 4.23. The fourth-order valence-corrected chi connectivity index (χ4v) is 2.96. The average Bonchev–Trinajstić information content (AvgIpc) is 2.26. The standard InChI is InChI=1S/C13H20O3/c1-16-12(15)13(8-3-2-4-9-13)11(14)10-6-5-7-10/h10H,2-9H2,1H3. The molecule has 2 aliphatic rings. The van der Waals surface area contributed by atoms with E-state index in [9.17, 15) is 9.59 Å². The van der Waals surface area contributed by atoms with Crippen molar-refractivity contribution in [1.29, 1.82) is 0 Å². The maximum absolute atomic E-state index is 12.4. The topological polar surface area (TPSA) is 43.4 Å². The number of carbonyl (C=O) groups excluding carboxylic acids is 2. The van der Waals surface area contributed by atoms with Crippen molar-refractivity contribution in [3.63, 3.8) is 0 Å². The summed E-state index contributed by atoms with van der Waals surface area (Å²) in [5.74, 6) is 0.0200. The molecule has 2 saturated carbocycles. The summed E-state index contributed by atoms with van der Waals surface area (Å²) >= 11 is 0. The van der Waals surface area contributed by atoms with Gasteiger partial charge in [-0.1, -0.05) is 25.7 Å². The van der Waals surface area contributed by atoms with Crippen LogP contribution in [0.1, 0.15) is 51.4 Å². The highest BCUT2D eigenvalue weighted by Gasteiger charge is 2.50. The number of hydrogen-bond donors (Lipinski definition) is 0. The molecule has 2 rings (SSSR count). The van der Waals surface area contributed by atoms with E-state index in [1.165, 1.54) is 7.11 Å². The van der Waals surface area contributed by atoms with Crippen LogP contribution in [0.3, 0.4) is 0 Å². The molecule has 0 spiro atoms. The summed E-state index contributed by atoms with van der Waals surface area (Å²) in [6.45, 7) is 0. The van der Waals surface area contributed by atoms with E-state index >= 15 is 0 Å². The van der Waals surface area contributed by atoms with Gasteiger partial charge in [0.2, 0.25) is 0 Å². The zero-order valence-corrected chi connectivity index (χ0v) is 9.96. The van der Waals surface area contributed by atoms with E-state index < -0.39 is 5.41 Å². The Morgan fingerprint density at radius 3 is 2.12 bits per heavy atom. The van der Waals surface area contributed by atoms with Gasteiger partial charge in [0.1, 0.15) is 5.41 Å². The molecule has 0 aromatic carbocycles. The Hall–Kier alpha value is -0.860. The van der Waals surface area contributed by atoms with Crippen molar-refractivity contribution in [3.8, 4) is 0 Å². The van der Waals surface area contributed by atoms with Crippen LogP contribution in [0.15, 0.2) is 0 Å². The van der Waals surface area contributed by atoms with Crippen LogP contribution in [0.5, 0.6) is 0 Å². The maximum Gasteiger partial charge on any atom is 0.319 e. The van der Waals surface area contributed by atoms with Crippen LogP contribution >= 0.6 is 0 Å². The Morgan fingerprint density at radius 2 is 1.69 bits per heavy atom. The summed E-state index contributed by atoms with van der Waals surface area (Å²) in [6.07, 6.45) is 7.57. The number of ketones is 1. The normalized spacial score (nSPS) is 24.6. The zero-order valence-electron chi connectivity index (χ0n) is 9.96. The molecule has 0 bridgehead atoms. The molecule has 0 N–H and O–H groups in total. The molecule has 0 unspecified atom stereocenters. The molecule has 0 aromatic rings. The second kappa shape index (κ2) is 4.56. The quantitative estimate of drug-likeness (QED) is 0.546. The van der Waals surface area contributed by atoms with Crippen molar-refractivity contribution in [2.75, 3.05) is 7.11 Å². The lowest BCUT2D eigenvalue weighted by atomic mass is 9.64. The number of hydrogen-bond acceptors (Lipinski definition) is 3. The lowest BCUT2D eigenvalue weighted by Gasteiger charge is -2.38. The van der Waals surface area contributed by atoms with Crippen LogP contribution in [-0.2, 0) is 14.3 Å². The second-order valence-electron chi connectivity index (χ2n) is 5.13. The number of carbonyl (C=O) groups is 2. The molecule has 0 amide bonds. The van der Waals surface area contributed by atoms with Crippen molar-refractivity contribution in [2.24, 2.45) is 11.3 Å². The maximum atomic E-state index is 12.4. The number of Topliss-reactive ketones (excluding diaryl/α,β-unsaturated/α-hetero) is 1. The van der Waals surface area contributed by atoms with Gasteiger partial charge in [-0.15, -0.1) is 0 Å². The Morgan fingerprint density at radius 1 is 1.06 bits per heavy atom. The first-order chi connectivity index (χ1) is 7.70. The smallest absolute Gasteiger partial charge is 0.319 e. The molecule has 0 heterocycles. The van der Waals surface area contributed by atoms with E-state index in [0.29, 0.717) is 12.8 Å². The van der Waals surface area contributed by atoms with Gasteiger partial charge in [-0.3, -0.25) is 9.59 Å². The first-order valence-corrected chi connectivity index (χ1v) is 6.33. The van der Waals surface area contributed by atoms with Crippen LogP contribution in [0.25, 0.3) is 0 Å². The number of esters is 1. The van der Waals surface area contributed by atoms with Gasteiger partial charge in [0.25, 0.3) is 0 Å². The number of rotatable bonds is 3. The monoisotopic (exact) mass is 224 g/mol. The van der Waals surface area contributed by atoms with Gasteiger partial charge < -0.3 is 4.74 Å². The molecule has 0 radical (unpaired) electrons. The molecule has 90 valence electrons. The highest BCUT2D eigenvalue weighted by molar-refractivity contribution is 6.05. The molecule has 3 heteroatoms. The van der Waals surface area contributed by atoms with E-state index in [2.05, 4.69) is 0 Å². The molecule has 0 aromatic heterocycles. The van der Waals surface area contributed by atoms with Gasteiger partial charge >= 0.3 is 5.97 Å². The third-order valence-corrected chi connectivity index (χ3v) is 4.23. The zero-order chi connectivity index (χ0) is 11.6. The molecule has 3 nitrogen and oxygen atoms in total. The van der Waals surface area contributed by atoms with Crippen molar-refractivity contribution in [1.82, 2.24) is 0 Å². The van der Waals surface area contributed by atoms with E-state index in [4.69, 9.17) is 4.74 Å². The minimum atomic E-state index is -0.780. The van der Waals surface area contributed by atoms with Crippen LogP contribution in [0.2, 0.25) is 0 Å². The van der Waals surface area contributed by atoms with Crippen molar-refractivity contribution < 1.29 is 14.3 Å². The largest absolute Gasteiger partial charge is 0.468 e. The number of methoxy groups -OCH3 is 1. The van der Waals surface area contributed by atoms with Crippen molar-refractivity contribution in [2.45, 2.75) is 51.4 Å². The highest BCUT2D eigenvalue weighted by Crippen LogP contribution is 2.44. The molecule has 2 aliphatic carbocycles. The van der Waals surface area contributed by atoms with Crippen molar-refractivity contribution in [3.05, 3.63) is 0 Å². The minimum Gasteiger partial charge on any atom is -0.468 e. The Kier molecular flexibility index (Phi) is 3.31. The molecular weight excluding hydrogens is 204 g/mol. The SMILES string of the molecule is COC(=O)C1(C(=O)C2CCC2)CCCCC1. The van der Waals surface area contributed by atoms with E-state index in [-0.39, 0.29) is 17.7 Å². The van der Waals surface area contributed by atoms with E-state index in [1.54, 1.807) is 0 Å². The summed E-state index contributed by atoms with van der Waals surface area (Å²) in [5.41, 5.74) is -0.780. The van der Waals surface area contributed by atoms with Crippen LogP contribution in [0.4, 0.5) is 0 Å². The van der Waals surface area contributed by atoms with Crippen molar-refractivity contribution >= 4 is 11.8 Å². The fraction of sp³-hybridized carbons (Fsp3) is 0.846. The molecule has 0 aliphatic heterocycles. The lowest BCUT2D eigenvalue weighted by molar-refractivity contribution is -0.163. The van der Waals surface area contributed by atoms with Gasteiger partial charge in [-0.25, -0.2) is 0 Å². The average molecular weight is 224 g/mol. The summed E-state index contributed by atoms with van der Waals surface area (Å²) in [6, 6.07) is 0. The summed E-state index contributed by atoms with van der Waals surface area (Å²) in [5, 5.41) is 0. The molecule has 2 fully saturated rings. The Balaban J connectivity index is 2.18. The minimum absolute atomic E-state index is 0.136. The molecule has 0 atom stereocenters. The molecule has 16 heavy (non-hydrogen) atoms. The first kappa shape index (κ1) is 11.6. The lowest BCUT2D eigenvalue weighted by Crippen LogP contribution is -2.46. The predicted molar refractivity (Wildman–Crippen MR) is 59.9 cm³/mol. The van der Waals surface area contributed by atoms with E-state index in [1.807, 2.05) is 0 Å². The summed E-state index contributed by atoms with van der Waals surface area (Å²) in [4.78, 5) is 24.3. The summed E-state index contributed by atoms with van der Waals surface area (Å²) < 4.78 is 4.87. The van der Waals surface area contributed by atoms with Gasteiger partial charge in [0, 0.05) is 5.92 Å². The third kappa shape index (κ3) is 1.76. The van der Waals surface area contributed by atoms with Gasteiger partial charge in [-0.2, -0.15) is 0 Å². The van der Waals surface area contributed by atoms with Gasteiger partial charge in [-0.05, 0) is 25.7 Å². The second-order valence-corrected chi connectivity index (χ2v) is 5.13. The number of ether oxygens (including phenoxy) is 1. The first-order valence-electron chi connectivity index (χ1n) is 6.33. The molecule has 0 saturated heterocycles. The Bertz CT molecular complexity index is 286. The van der Waals surface area contributed by atoms with Gasteiger partial charge in [0.15, 0.2) is 5.78 Å². The highest BCUT2D eigenvalue weighted by atomic mass is 16.5. The Labute approximate surface area is 96.5 Å². The van der Waals surface area contributed by atoms with E-state index in [0.717, 1.165) is 38.5 Å². The fourth-order valence-electron chi connectivity index (χ4n) is 2.96. The predicted octanol–water partition coefficient (Wildman–Crippen LogP) is 2.48. The van der Waals surface area contributed by atoms with Crippen LogP contribution < -0.4 is 0 Å². The van der Waals surface area contributed by atoms with Crippen LogP contribution in [0, 0.1) is 11.3 Å².